The summed E-state index contributed by atoms with van der Waals surface area (Å²) < 4.78 is 52.2. The maximum Gasteiger partial charge on any atom is 0.405 e. The molecule has 0 spiro atoms. The topological polar surface area (TPSA) is 89.9 Å². The molecule has 0 aliphatic rings. The smallest absolute Gasteiger partial charge is 0.405 e. The maximum atomic E-state index is 15.2. The molecule has 3 atom stereocenters. The highest BCUT2D eigenvalue weighted by atomic mass is 79.9. The lowest BCUT2D eigenvalue weighted by molar-refractivity contribution is -0.167. The maximum absolute atomic E-state index is 15.2. The summed E-state index contributed by atoms with van der Waals surface area (Å²) in [5, 5.41) is 0. The number of benzene rings is 3. The Bertz CT molecular complexity index is 1320. The number of rotatable bonds is 11. The van der Waals surface area contributed by atoms with E-state index >= 15 is 8.78 Å². The van der Waals surface area contributed by atoms with Crippen LogP contribution in [0.1, 0.15) is 53.7 Å². The van der Waals surface area contributed by atoms with E-state index in [2.05, 4.69) is 20.5 Å². The van der Waals surface area contributed by atoms with Crippen LogP contribution in [0.15, 0.2) is 83.3 Å². The molecule has 0 aromatic heterocycles. The third-order valence-electron chi connectivity index (χ3n) is 5.77. The molecule has 3 rings (SSSR count). The molecule has 0 aliphatic heterocycles. The van der Waals surface area contributed by atoms with Crippen LogP contribution in [0.2, 0.25) is 0 Å². The number of hydrogen-bond donors (Lipinski definition) is 1. The van der Waals surface area contributed by atoms with Crippen molar-refractivity contribution in [1.82, 2.24) is 0 Å². The van der Waals surface area contributed by atoms with Crippen molar-refractivity contribution in [2.45, 2.75) is 45.1 Å². The number of hydrogen-bond acceptors (Lipinski definition) is 5. The van der Waals surface area contributed by atoms with E-state index in [4.69, 9.17) is 4.74 Å². The minimum atomic E-state index is -5.63. The van der Waals surface area contributed by atoms with Gasteiger partial charge >= 0.3 is 19.2 Å². The number of carbonyl (C=O) groups excluding carboxylic acids is 2. The van der Waals surface area contributed by atoms with Gasteiger partial charge in [-0.25, -0.2) is 0 Å². The molecule has 0 radical (unpaired) electrons. The Morgan fingerprint density at radius 1 is 0.974 bits per heavy atom. The fourth-order valence-corrected chi connectivity index (χ4v) is 5.66. The van der Waals surface area contributed by atoms with Crippen molar-refractivity contribution in [3.63, 3.8) is 0 Å². The van der Waals surface area contributed by atoms with Crippen molar-refractivity contribution in [2.75, 3.05) is 0 Å². The molecule has 0 saturated heterocycles. The van der Waals surface area contributed by atoms with Gasteiger partial charge < -0.3 is 9.63 Å². The van der Waals surface area contributed by atoms with Crippen molar-refractivity contribution >= 4 is 35.3 Å². The first-order valence-electron chi connectivity index (χ1n) is 11.9. The van der Waals surface area contributed by atoms with Crippen molar-refractivity contribution < 1.29 is 37.1 Å². The standard InChI is InChI=1S/C28H28BrF2O6P/c1-18(2)27(33)36-19(3)37-38(34,35)28(30,31)24-15-14-20(17-25(24)29)16-23(21-10-6-4-7-11-21)26(32)22-12-8-5-9-13-22/h4-15,17-19,23H,16H2,1-3H3,(H,34,35). The van der Waals surface area contributed by atoms with E-state index in [1.54, 1.807) is 24.3 Å². The average Bonchev–Trinajstić information content (AvgIpc) is 2.87. The third-order valence-corrected chi connectivity index (χ3v) is 7.96. The van der Waals surface area contributed by atoms with E-state index in [1.165, 1.54) is 26.0 Å². The van der Waals surface area contributed by atoms with Gasteiger partial charge in [-0.15, -0.1) is 0 Å². The Kier molecular flexibility index (Phi) is 9.76. The van der Waals surface area contributed by atoms with E-state index in [0.717, 1.165) is 18.6 Å². The first-order valence-corrected chi connectivity index (χ1v) is 14.2. The monoisotopic (exact) mass is 608 g/mol. The molecule has 38 heavy (non-hydrogen) atoms. The Labute approximate surface area is 228 Å². The average molecular weight is 609 g/mol. The minimum Gasteiger partial charge on any atom is -0.435 e. The first kappa shape index (κ1) is 29.8. The van der Waals surface area contributed by atoms with Crippen molar-refractivity contribution in [3.05, 3.63) is 106 Å². The zero-order valence-electron chi connectivity index (χ0n) is 21.0. The first-order chi connectivity index (χ1) is 17.8. The Balaban J connectivity index is 1.86. The number of carbonyl (C=O) groups is 2. The van der Waals surface area contributed by atoms with Gasteiger partial charge in [-0.2, -0.15) is 8.78 Å². The van der Waals surface area contributed by atoms with Crippen molar-refractivity contribution in [2.24, 2.45) is 5.92 Å². The van der Waals surface area contributed by atoms with E-state index < -0.39 is 42.9 Å². The lowest BCUT2D eigenvalue weighted by atomic mass is 9.85. The van der Waals surface area contributed by atoms with Gasteiger partial charge in [0, 0.05) is 15.6 Å². The second-order valence-corrected chi connectivity index (χ2v) is 11.7. The molecule has 0 fully saturated rings. The van der Waals surface area contributed by atoms with Gasteiger partial charge in [-0.05, 0) is 30.5 Å². The number of ether oxygens (including phenoxy) is 1. The van der Waals surface area contributed by atoms with Crippen LogP contribution in [-0.2, 0) is 30.7 Å². The number of Topliss-reactive ketones (excluding diaryl/α,β-unsaturated/α-hetero) is 1. The molecule has 202 valence electrons. The van der Waals surface area contributed by atoms with Gasteiger partial charge in [0.25, 0.3) is 0 Å². The van der Waals surface area contributed by atoms with Crippen LogP contribution in [0.5, 0.6) is 0 Å². The fraction of sp³-hybridized carbons (Fsp3) is 0.286. The molecule has 0 heterocycles. The molecule has 0 aliphatic carbocycles. The van der Waals surface area contributed by atoms with E-state index in [-0.39, 0.29) is 16.7 Å². The minimum absolute atomic E-state index is 0.125. The van der Waals surface area contributed by atoms with Gasteiger partial charge in [-0.3, -0.25) is 18.7 Å². The summed E-state index contributed by atoms with van der Waals surface area (Å²) in [6, 6.07) is 21.7. The van der Waals surface area contributed by atoms with Crippen LogP contribution in [0, 0.1) is 5.92 Å². The molecule has 0 bridgehead atoms. The molecule has 1 N–H and O–H groups in total. The largest absolute Gasteiger partial charge is 0.435 e. The zero-order chi connectivity index (χ0) is 28.1. The highest BCUT2D eigenvalue weighted by molar-refractivity contribution is 9.10. The summed E-state index contributed by atoms with van der Waals surface area (Å²) in [7, 11) is -5.63. The summed E-state index contributed by atoms with van der Waals surface area (Å²) in [6.07, 6.45) is -1.46. The predicted molar refractivity (Wildman–Crippen MR) is 143 cm³/mol. The number of alkyl halides is 2. The Morgan fingerprint density at radius 2 is 1.55 bits per heavy atom. The molecular weight excluding hydrogens is 581 g/mol. The highest BCUT2D eigenvalue weighted by Crippen LogP contribution is 2.64. The lowest BCUT2D eigenvalue weighted by Gasteiger charge is -2.26. The normalized spacial score (nSPS) is 14.9. The van der Waals surface area contributed by atoms with E-state index in [9.17, 15) is 19.0 Å². The van der Waals surface area contributed by atoms with Crippen LogP contribution in [0.25, 0.3) is 0 Å². The second kappa shape index (κ2) is 12.4. The number of esters is 1. The van der Waals surface area contributed by atoms with E-state index in [1.807, 2.05) is 36.4 Å². The molecule has 6 nitrogen and oxygen atoms in total. The zero-order valence-corrected chi connectivity index (χ0v) is 23.5. The Morgan fingerprint density at radius 3 is 2.11 bits per heavy atom. The van der Waals surface area contributed by atoms with Crippen molar-refractivity contribution in [1.29, 1.82) is 0 Å². The third kappa shape index (κ3) is 7.03. The van der Waals surface area contributed by atoms with Crippen LogP contribution in [-0.4, -0.2) is 22.9 Å². The summed E-state index contributed by atoms with van der Waals surface area (Å²) in [5.41, 5.74) is -3.25. The molecule has 3 unspecified atom stereocenters. The van der Waals surface area contributed by atoms with Gasteiger partial charge in [-0.1, -0.05) is 103 Å². The Hall–Kier alpha value is -2.71. The lowest BCUT2D eigenvalue weighted by Crippen LogP contribution is -2.25. The van der Waals surface area contributed by atoms with Gasteiger partial charge in [0.1, 0.15) is 0 Å². The molecule has 0 saturated carbocycles. The number of halogens is 3. The quantitative estimate of drug-likeness (QED) is 0.105. The summed E-state index contributed by atoms with van der Waals surface area (Å²) >= 11 is 3.09. The van der Waals surface area contributed by atoms with Crippen LogP contribution >= 0.6 is 23.5 Å². The SMILES string of the molecule is CC(OC(=O)C(C)C)OP(=O)(O)C(F)(F)c1ccc(CC(C(=O)c2ccccc2)c2ccccc2)cc1Br. The van der Waals surface area contributed by atoms with Gasteiger partial charge in [0.2, 0.25) is 6.29 Å². The number of ketones is 1. The van der Waals surface area contributed by atoms with Gasteiger partial charge in [0.05, 0.1) is 11.8 Å². The summed E-state index contributed by atoms with van der Waals surface area (Å²) in [6.45, 7) is 4.14. The van der Waals surface area contributed by atoms with Gasteiger partial charge in [0.15, 0.2) is 5.78 Å². The van der Waals surface area contributed by atoms with Crippen molar-refractivity contribution in [3.8, 4) is 0 Å². The summed E-state index contributed by atoms with van der Waals surface area (Å²) in [4.78, 5) is 35.2. The molecule has 3 aromatic rings. The predicted octanol–water partition coefficient (Wildman–Crippen LogP) is 7.45. The molecule has 10 heteroatoms. The summed E-state index contributed by atoms with van der Waals surface area (Å²) in [5.74, 6) is -2.04. The van der Waals surface area contributed by atoms with Crippen LogP contribution < -0.4 is 0 Å². The van der Waals surface area contributed by atoms with Crippen LogP contribution in [0.4, 0.5) is 8.78 Å². The van der Waals surface area contributed by atoms with E-state index in [0.29, 0.717) is 11.1 Å². The fourth-order valence-electron chi connectivity index (χ4n) is 3.76. The molecule has 0 amide bonds. The second-order valence-electron chi connectivity index (χ2n) is 9.04. The molecule has 3 aromatic carbocycles. The van der Waals surface area contributed by atoms with Crippen LogP contribution in [0.3, 0.4) is 0 Å². The highest BCUT2D eigenvalue weighted by Gasteiger charge is 2.55. The molecular formula is C28H28BrF2O6P.